The normalized spacial score (nSPS) is 11.5. The van der Waals surface area contributed by atoms with Gasteiger partial charge in [-0.2, -0.15) is 4.98 Å². The third kappa shape index (κ3) is 4.45. The molecule has 0 aliphatic rings. The standard InChI is InChI=1S/C19H13Cl2N3O3S2/c20-13-7-8-14(21)17(11-13)29(25,26)24-15-5-2-1-4-12(15)10-18-22-19(23-27-18)16-6-3-9-28-16/h1-9,11,24H,10H2. The van der Waals surface area contributed by atoms with Gasteiger partial charge in [0, 0.05) is 5.02 Å². The number of aromatic nitrogens is 2. The van der Waals surface area contributed by atoms with Crippen LogP contribution >= 0.6 is 34.5 Å². The predicted octanol–water partition coefficient (Wildman–Crippen LogP) is 5.50. The summed E-state index contributed by atoms with van der Waals surface area (Å²) in [6, 6.07) is 15.0. The Bertz CT molecular complexity index is 1260. The first-order chi connectivity index (χ1) is 13.9. The maximum atomic E-state index is 12.8. The van der Waals surface area contributed by atoms with E-state index in [0.717, 1.165) is 4.88 Å². The third-order valence-electron chi connectivity index (χ3n) is 4.00. The lowest BCUT2D eigenvalue weighted by atomic mass is 10.1. The highest BCUT2D eigenvalue weighted by atomic mass is 35.5. The first kappa shape index (κ1) is 19.9. The molecule has 0 aliphatic heterocycles. The zero-order valence-electron chi connectivity index (χ0n) is 14.7. The summed E-state index contributed by atoms with van der Waals surface area (Å²) >= 11 is 13.5. The van der Waals surface area contributed by atoms with Gasteiger partial charge in [0.2, 0.25) is 11.7 Å². The quantitative estimate of drug-likeness (QED) is 0.406. The van der Waals surface area contributed by atoms with Crippen molar-refractivity contribution in [3.05, 3.63) is 81.5 Å². The maximum absolute atomic E-state index is 12.8. The van der Waals surface area contributed by atoms with E-state index in [4.69, 9.17) is 27.7 Å². The van der Waals surface area contributed by atoms with Crippen LogP contribution in [0.5, 0.6) is 0 Å². The number of para-hydroxylation sites is 1. The fraction of sp³-hybridized carbons (Fsp3) is 0.0526. The maximum Gasteiger partial charge on any atom is 0.263 e. The average molecular weight is 466 g/mol. The highest BCUT2D eigenvalue weighted by Gasteiger charge is 2.20. The summed E-state index contributed by atoms with van der Waals surface area (Å²) in [5.41, 5.74) is 1.06. The molecule has 1 N–H and O–H groups in total. The van der Waals surface area contributed by atoms with Crippen LogP contribution in [0.4, 0.5) is 5.69 Å². The molecule has 148 valence electrons. The highest BCUT2D eigenvalue weighted by Crippen LogP contribution is 2.29. The van der Waals surface area contributed by atoms with E-state index in [-0.39, 0.29) is 21.4 Å². The summed E-state index contributed by atoms with van der Waals surface area (Å²) in [5.74, 6) is 0.875. The van der Waals surface area contributed by atoms with Crippen molar-refractivity contribution < 1.29 is 12.9 Å². The van der Waals surface area contributed by atoms with Gasteiger partial charge in [0.05, 0.1) is 22.0 Å². The Hall–Kier alpha value is -2.39. The van der Waals surface area contributed by atoms with Crippen LogP contribution < -0.4 is 4.72 Å². The first-order valence-electron chi connectivity index (χ1n) is 8.34. The predicted molar refractivity (Wildman–Crippen MR) is 114 cm³/mol. The number of nitrogens with one attached hydrogen (secondary N) is 1. The van der Waals surface area contributed by atoms with E-state index in [9.17, 15) is 8.42 Å². The Morgan fingerprint density at radius 1 is 1.07 bits per heavy atom. The van der Waals surface area contributed by atoms with Gasteiger partial charge in [-0.05, 0) is 41.3 Å². The zero-order valence-corrected chi connectivity index (χ0v) is 17.8. The average Bonchev–Trinajstić information content (AvgIpc) is 3.37. The number of hydrogen-bond donors (Lipinski definition) is 1. The van der Waals surface area contributed by atoms with E-state index in [1.165, 1.54) is 29.5 Å². The molecule has 0 aliphatic carbocycles. The minimum atomic E-state index is -3.94. The lowest BCUT2D eigenvalue weighted by molar-refractivity contribution is 0.386. The minimum Gasteiger partial charge on any atom is -0.339 e. The zero-order chi connectivity index (χ0) is 20.4. The van der Waals surface area contributed by atoms with E-state index in [1.807, 2.05) is 17.5 Å². The molecule has 0 atom stereocenters. The summed E-state index contributed by atoms with van der Waals surface area (Å²) < 4.78 is 33.6. The lowest BCUT2D eigenvalue weighted by Crippen LogP contribution is -2.15. The van der Waals surface area contributed by atoms with Crippen molar-refractivity contribution in [3.8, 4) is 10.7 Å². The molecule has 2 aromatic carbocycles. The summed E-state index contributed by atoms with van der Waals surface area (Å²) in [6.07, 6.45) is 0.264. The largest absolute Gasteiger partial charge is 0.339 e. The summed E-state index contributed by atoms with van der Waals surface area (Å²) in [4.78, 5) is 5.18. The number of anilines is 1. The molecule has 6 nitrogen and oxygen atoms in total. The third-order valence-corrected chi connectivity index (χ3v) is 6.94. The molecule has 0 radical (unpaired) electrons. The van der Waals surface area contributed by atoms with Gasteiger partial charge < -0.3 is 4.52 Å². The van der Waals surface area contributed by atoms with Gasteiger partial charge in [0.1, 0.15) is 4.90 Å². The topological polar surface area (TPSA) is 85.1 Å². The molecular formula is C19H13Cl2N3O3S2. The number of rotatable bonds is 6. The monoisotopic (exact) mass is 465 g/mol. The number of sulfonamides is 1. The Kier molecular flexibility index (Phi) is 5.60. The van der Waals surface area contributed by atoms with Crippen molar-refractivity contribution in [2.24, 2.45) is 0 Å². The molecule has 0 unspecified atom stereocenters. The van der Waals surface area contributed by atoms with E-state index >= 15 is 0 Å². The molecule has 0 saturated carbocycles. The van der Waals surface area contributed by atoms with E-state index in [0.29, 0.717) is 23.0 Å². The van der Waals surface area contributed by atoms with E-state index in [2.05, 4.69) is 14.9 Å². The van der Waals surface area contributed by atoms with Crippen LogP contribution in [0.15, 0.2) is 69.4 Å². The van der Waals surface area contributed by atoms with Gasteiger partial charge in [0.25, 0.3) is 10.0 Å². The Balaban J connectivity index is 1.61. The molecule has 2 aromatic heterocycles. The minimum absolute atomic E-state index is 0.0804. The molecule has 0 saturated heterocycles. The lowest BCUT2D eigenvalue weighted by Gasteiger charge is -2.13. The second-order valence-electron chi connectivity index (χ2n) is 6.00. The van der Waals surface area contributed by atoms with Crippen molar-refractivity contribution in [3.63, 3.8) is 0 Å². The Morgan fingerprint density at radius 3 is 2.69 bits per heavy atom. The number of benzene rings is 2. The fourth-order valence-corrected chi connectivity index (χ4v) is 5.17. The molecule has 4 rings (SSSR count). The molecular weight excluding hydrogens is 453 g/mol. The van der Waals surface area contributed by atoms with Crippen LogP contribution in [-0.2, 0) is 16.4 Å². The molecule has 10 heteroatoms. The van der Waals surface area contributed by atoms with Gasteiger partial charge in [-0.15, -0.1) is 11.3 Å². The molecule has 0 spiro atoms. The number of thiophene rings is 1. The van der Waals surface area contributed by atoms with Crippen LogP contribution in [0.3, 0.4) is 0 Å². The molecule has 29 heavy (non-hydrogen) atoms. The van der Waals surface area contributed by atoms with Gasteiger partial charge in [-0.3, -0.25) is 4.72 Å². The summed E-state index contributed by atoms with van der Waals surface area (Å²) in [6.45, 7) is 0. The number of halogens is 2. The van der Waals surface area contributed by atoms with Gasteiger partial charge in [-0.25, -0.2) is 8.42 Å². The summed E-state index contributed by atoms with van der Waals surface area (Å²) in [5, 5.41) is 6.26. The van der Waals surface area contributed by atoms with Crippen molar-refractivity contribution in [2.45, 2.75) is 11.3 Å². The Labute approximate surface area is 181 Å². The Morgan fingerprint density at radius 2 is 1.90 bits per heavy atom. The van der Waals surface area contributed by atoms with Gasteiger partial charge in [0.15, 0.2) is 0 Å². The summed E-state index contributed by atoms with van der Waals surface area (Å²) in [7, 11) is -3.94. The van der Waals surface area contributed by atoms with Crippen LogP contribution in [0.1, 0.15) is 11.5 Å². The smallest absolute Gasteiger partial charge is 0.263 e. The van der Waals surface area contributed by atoms with E-state index < -0.39 is 10.0 Å². The van der Waals surface area contributed by atoms with Crippen LogP contribution in [0, 0.1) is 0 Å². The molecule has 2 heterocycles. The second-order valence-corrected chi connectivity index (χ2v) is 9.45. The van der Waals surface area contributed by atoms with Crippen molar-refractivity contribution in [2.75, 3.05) is 4.72 Å². The van der Waals surface area contributed by atoms with Crippen molar-refractivity contribution in [1.82, 2.24) is 10.1 Å². The van der Waals surface area contributed by atoms with Gasteiger partial charge >= 0.3 is 0 Å². The molecule has 0 fully saturated rings. The highest BCUT2D eigenvalue weighted by molar-refractivity contribution is 7.92. The van der Waals surface area contributed by atoms with Crippen LogP contribution in [0.25, 0.3) is 10.7 Å². The number of hydrogen-bond acceptors (Lipinski definition) is 6. The first-order valence-corrected chi connectivity index (χ1v) is 11.5. The fourth-order valence-electron chi connectivity index (χ4n) is 2.65. The van der Waals surface area contributed by atoms with Crippen molar-refractivity contribution in [1.29, 1.82) is 0 Å². The second kappa shape index (κ2) is 8.16. The molecule has 4 aromatic rings. The van der Waals surface area contributed by atoms with Gasteiger partial charge in [-0.1, -0.05) is 52.6 Å². The SMILES string of the molecule is O=S(=O)(Nc1ccccc1Cc1nc(-c2cccs2)no1)c1cc(Cl)ccc1Cl. The molecule has 0 bridgehead atoms. The van der Waals surface area contributed by atoms with Crippen LogP contribution in [-0.4, -0.2) is 18.6 Å². The molecule has 0 amide bonds. The van der Waals surface area contributed by atoms with E-state index in [1.54, 1.807) is 24.3 Å². The number of nitrogens with zero attached hydrogens (tertiary/aromatic N) is 2. The van der Waals surface area contributed by atoms with Crippen LogP contribution in [0.2, 0.25) is 10.0 Å². The van der Waals surface area contributed by atoms with Crippen molar-refractivity contribution >= 4 is 50.2 Å².